The van der Waals surface area contributed by atoms with E-state index >= 15 is 0 Å². The normalized spacial score (nSPS) is 14.6. The zero-order valence-corrected chi connectivity index (χ0v) is 21.5. The summed E-state index contributed by atoms with van der Waals surface area (Å²) in [5.41, 5.74) is 7.58. The fourth-order valence-electron chi connectivity index (χ4n) is 5.53. The quantitative estimate of drug-likeness (QED) is 0.260. The molecule has 0 amide bonds. The van der Waals surface area contributed by atoms with Crippen molar-refractivity contribution in [3.63, 3.8) is 0 Å². The monoisotopic (exact) mass is 505 g/mol. The first kappa shape index (κ1) is 22.3. The number of aryl methyl sites for hydroxylation is 1. The van der Waals surface area contributed by atoms with Crippen molar-refractivity contribution in [1.29, 1.82) is 0 Å². The van der Waals surface area contributed by atoms with E-state index in [4.69, 9.17) is 4.98 Å². The third kappa shape index (κ3) is 4.21. The van der Waals surface area contributed by atoms with Gasteiger partial charge in [0.05, 0.1) is 10.9 Å². The lowest BCUT2D eigenvalue weighted by atomic mass is 9.85. The van der Waals surface area contributed by atoms with Crippen molar-refractivity contribution < 1.29 is 0 Å². The molecule has 184 valence electrons. The molecule has 6 aromatic heterocycles. The number of imidazole rings is 1. The van der Waals surface area contributed by atoms with Gasteiger partial charge in [-0.15, -0.1) is 11.3 Å². The van der Waals surface area contributed by atoms with Crippen LogP contribution in [0, 0.1) is 12.8 Å². The molecule has 0 saturated heterocycles. The predicted molar refractivity (Wildman–Crippen MR) is 148 cm³/mol. The zero-order valence-electron chi connectivity index (χ0n) is 20.7. The molecule has 1 saturated carbocycles. The largest absolute Gasteiger partial charge is 0.335 e. The highest BCUT2D eigenvalue weighted by atomic mass is 32.1. The SMILES string of the molecule is Cc1ccc(-c2ccnc3nc(-c4[nH]nc5ncc(-c6cncc(CC7CCCCC7)c6)cc45)[nH]c23)s1. The maximum atomic E-state index is 4.81. The smallest absolute Gasteiger partial charge is 0.181 e. The molecule has 6 aromatic rings. The minimum absolute atomic E-state index is 0.660. The summed E-state index contributed by atoms with van der Waals surface area (Å²) < 4.78 is 0. The highest BCUT2D eigenvalue weighted by molar-refractivity contribution is 7.15. The summed E-state index contributed by atoms with van der Waals surface area (Å²) in [5.74, 6) is 1.48. The Labute approximate surface area is 218 Å². The number of hydrogen-bond acceptors (Lipinski definition) is 6. The predicted octanol–water partition coefficient (Wildman–Crippen LogP) is 7.12. The maximum Gasteiger partial charge on any atom is 0.181 e. The average Bonchev–Trinajstić information content (AvgIpc) is 3.66. The Morgan fingerprint density at radius 1 is 0.946 bits per heavy atom. The number of aromatic nitrogens is 7. The first-order valence-electron chi connectivity index (χ1n) is 12.9. The summed E-state index contributed by atoms with van der Waals surface area (Å²) in [5, 5.41) is 8.52. The van der Waals surface area contributed by atoms with Gasteiger partial charge >= 0.3 is 0 Å². The lowest BCUT2D eigenvalue weighted by Gasteiger charge is -2.21. The Morgan fingerprint density at radius 3 is 2.70 bits per heavy atom. The molecule has 0 radical (unpaired) electrons. The second-order valence-corrected chi connectivity index (χ2v) is 11.3. The van der Waals surface area contributed by atoms with Crippen LogP contribution in [0.1, 0.15) is 42.5 Å². The van der Waals surface area contributed by atoms with Gasteiger partial charge < -0.3 is 4.98 Å². The van der Waals surface area contributed by atoms with Crippen molar-refractivity contribution in [2.24, 2.45) is 5.92 Å². The summed E-state index contributed by atoms with van der Waals surface area (Å²) in [4.78, 5) is 24.5. The van der Waals surface area contributed by atoms with Gasteiger partial charge in [-0.1, -0.05) is 32.1 Å². The number of nitrogens with one attached hydrogen (secondary N) is 2. The van der Waals surface area contributed by atoms with E-state index in [0.717, 1.165) is 45.6 Å². The number of rotatable bonds is 5. The van der Waals surface area contributed by atoms with Gasteiger partial charge in [-0.2, -0.15) is 5.10 Å². The molecule has 8 heteroatoms. The molecule has 0 aromatic carbocycles. The summed E-state index contributed by atoms with van der Waals surface area (Å²) in [6.45, 7) is 2.12. The van der Waals surface area contributed by atoms with Gasteiger partial charge in [0.2, 0.25) is 0 Å². The molecule has 0 unspecified atom stereocenters. The third-order valence-electron chi connectivity index (χ3n) is 7.42. The summed E-state index contributed by atoms with van der Waals surface area (Å²) >= 11 is 1.76. The molecular weight excluding hydrogens is 478 g/mol. The van der Waals surface area contributed by atoms with Crippen LogP contribution >= 0.6 is 11.3 Å². The molecule has 6 heterocycles. The van der Waals surface area contributed by atoms with Crippen LogP contribution < -0.4 is 0 Å². The van der Waals surface area contributed by atoms with Crippen LogP contribution in [0.3, 0.4) is 0 Å². The first-order valence-corrected chi connectivity index (χ1v) is 13.7. The zero-order chi connectivity index (χ0) is 24.8. The van der Waals surface area contributed by atoms with Crippen LogP contribution in [0.4, 0.5) is 0 Å². The average molecular weight is 506 g/mol. The van der Waals surface area contributed by atoms with Crippen LogP contribution in [0.5, 0.6) is 0 Å². The van der Waals surface area contributed by atoms with Gasteiger partial charge in [0.25, 0.3) is 0 Å². The van der Waals surface area contributed by atoms with Crippen LogP contribution in [0.2, 0.25) is 0 Å². The van der Waals surface area contributed by atoms with Crippen LogP contribution in [-0.4, -0.2) is 35.1 Å². The van der Waals surface area contributed by atoms with E-state index in [0.29, 0.717) is 17.1 Å². The number of aromatic amines is 2. The molecule has 0 atom stereocenters. The number of H-pyrrole nitrogens is 2. The molecule has 1 aliphatic rings. The lowest BCUT2D eigenvalue weighted by molar-refractivity contribution is 0.356. The van der Waals surface area contributed by atoms with Crippen LogP contribution in [0.25, 0.3) is 55.3 Å². The topological polar surface area (TPSA) is 96.0 Å². The Hall–Kier alpha value is -3.91. The number of thiophene rings is 1. The van der Waals surface area contributed by atoms with Crippen molar-refractivity contribution in [3.05, 3.63) is 65.6 Å². The Bertz CT molecular complexity index is 1720. The minimum Gasteiger partial charge on any atom is -0.335 e. The number of hydrogen-bond donors (Lipinski definition) is 2. The van der Waals surface area contributed by atoms with Gasteiger partial charge in [0.1, 0.15) is 5.69 Å². The van der Waals surface area contributed by atoms with E-state index in [1.807, 2.05) is 30.9 Å². The Balaban J connectivity index is 1.26. The minimum atomic E-state index is 0.660. The van der Waals surface area contributed by atoms with Crippen LogP contribution in [-0.2, 0) is 6.42 Å². The van der Waals surface area contributed by atoms with Gasteiger partial charge in [0, 0.05) is 51.2 Å². The number of fused-ring (bicyclic) bond motifs is 2. The van der Waals surface area contributed by atoms with E-state index in [2.05, 4.69) is 61.3 Å². The van der Waals surface area contributed by atoms with E-state index in [1.54, 1.807) is 11.3 Å². The lowest BCUT2D eigenvalue weighted by Crippen LogP contribution is -2.09. The van der Waals surface area contributed by atoms with E-state index in [9.17, 15) is 0 Å². The highest BCUT2D eigenvalue weighted by Crippen LogP contribution is 2.35. The van der Waals surface area contributed by atoms with Gasteiger partial charge in [-0.05, 0) is 55.2 Å². The van der Waals surface area contributed by atoms with Crippen molar-refractivity contribution in [2.45, 2.75) is 45.4 Å². The Kier molecular flexibility index (Phi) is 5.54. The molecule has 2 N–H and O–H groups in total. The van der Waals surface area contributed by atoms with Gasteiger partial charge in [-0.3, -0.25) is 10.1 Å². The fourth-order valence-corrected chi connectivity index (χ4v) is 6.43. The van der Waals surface area contributed by atoms with Crippen LogP contribution in [0.15, 0.2) is 55.1 Å². The fraction of sp³-hybridized carbons (Fsp3) is 0.276. The first-order chi connectivity index (χ1) is 18.2. The Morgan fingerprint density at radius 2 is 1.84 bits per heavy atom. The molecule has 0 bridgehead atoms. The summed E-state index contributed by atoms with van der Waals surface area (Å²) in [7, 11) is 0. The molecule has 1 fully saturated rings. The van der Waals surface area contributed by atoms with Crippen molar-refractivity contribution in [2.75, 3.05) is 0 Å². The second-order valence-electron chi connectivity index (χ2n) is 10.0. The second kappa shape index (κ2) is 9.19. The van der Waals surface area contributed by atoms with E-state index < -0.39 is 0 Å². The molecular formula is C29H27N7S. The van der Waals surface area contributed by atoms with Crippen molar-refractivity contribution in [3.8, 4) is 33.1 Å². The third-order valence-corrected chi connectivity index (χ3v) is 8.46. The van der Waals surface area contributed by atoms with Crippen molar-refractivity contribution >= 4 is 33.5 Å². The standard InChI is InChI=1S/C29H27N7S/c1-17-7-8-24(37-17)22-9-10-31-28-25(22)33-29(34-28)26-23-13-21(16-32-27(23)36-35-26)20-12-19(14-30-15-20)11-18-5-3-2-4-6-18/h7-10,12-16,18H,2-6,11H2,1H3,(H,31,33,34)(H,32,35,36). The molecule has 0 aliphatic heterocycles. The van der Waals surface area contributed by atoms with Gasteiger partial charge in [-0.25, -0.2) is 15.0 Å². The number of pyridine rings is 3. The summed E-state index contributed by atoms with van der Waals surface area (Å²) in [6, 6.07) is 10.7. The number of nitrogens with zero attached hydrogens (tertiary/aromatic N) is 5. The maximum absolute atomic E-state index is 4.81. The van der Waals surface area contributed by atoms with Gasteiger partial charge in [0.15, 0.2) is 17.1 Å². The highest BCUT2D eigenvalue weighted by Gasteiger charge is 2.18. The van der Waals surface area contributed by atoms with E-state index in [-0.39, 0.29) is 0 Å². The van der Waals surface area contributed by atoms with E-state index in [1.165, 1.54) is 47.4 Å². The molecule has 1 aliphatic carbocycles. The molecule has 37 heavy (non-hydrogen) atoms. The molecule has 7 rings (SSSR count). The molecule has 7 nitrogen and oxygen atoms in total. The van der Waals surface area contributed by atoms with Crippen molar-refractivity contribution in [1.82, 2.24) is 35.1 Å². The molecule has 0 spiro atoms. The summed E-state index contributed by atoms with van der Waals surface area (Å²) in [6.07, 6.45) is 15.5.